The first kappa shape index (κ1) is 23.3. The molecule has 0 saturated carbocycles. The molecule has 1 N–H and O–H groups in total. The summed E-state index contributed by atoms with van der Waals surface area (Å²) in [5, 5.41) is 7.59. The molecule has 168 valence electrons. The van der Waals surface area contributed by atoms with Crippen molar-refractivity contribution in [3.63, 3.8) is 0 Å². The second kappa shape index (κ2) is 9.44. The van der Waals surface area contributed by atoms with Gasteiger partial charge in [0.15, 0.2) is 0 Å². The van der Waals surface area contributed by atoms with E-state index in [-0.39, 0.29) is 17.9 Å². The van der Waals surface area contributed by atoms with E-state index < -0.39 is 12.0 Å². The molecule has 1 atom stereocenters. The van der Waals surface area contributed by atoms with E-state index in [1.54, 1.807) is 14.0 Å². The summed E-state index contributed by atoms with van der Waals surface area (Å²) in [6.07, 6.45) is -0.000784. The van der Waals surface area contributed by atoms with Gasteiger partial charge in [-0.1, -0.05) is 29.8 Å². The van der Waals surface area contributed by atoms with Gasteiger partial charge in [0.1, 0.15) is 9.88 Å². The van der Waals surface area contributed by atoms with Gasteiger partial charge in [0.05, 0.1) is 36.5 Å². The van der Waals surface area contributed by atoms with Crippen LogP contribution < -0.4 is 10.9 Å². The van der Waals surface area contributed by atoms with Crippen molar-refractivity contribution in [2.24, 2.45) is 7.05 Å². The fraction of sp³-hybridized carbons (Fsp3) is 0.348. The van der Waals surface area contributed by atoms with Crippen molar-refractivity contribution in [1.29, 1.82) is 0 Å². The Morgan fingerprint density at radius 2 is 1.78 bits per heavy atom. The summed E-state index contributed by atoms with van der Waals surface area (Å²) in [6, 6.07) is 7.04. The van der Waals surface area contributed by atoms with Gasteiger partial charge in [-0.15, -0.1) is 11.3 Å². The van der Waals surface area contributed by atoms with E-state index in [2.05, 4.69) is 15.4 Å². The number of hydrogen-bond acceptors (Lipinski definition) is 7. The number of methoxy groups -OCH3 is 1. The Hall–Kier alpha value is -3.33. The van der Waals surface area contributed by atoms with Gasteiger partial charge in [0.2, 0.25) is 0 Å². The van der Waals surface area contributed by atoms with E-state index in [0.717, 1.165) is 33.7 Å². The summed E-state index contributed by atoms with van der Waals surface area (Å²) in [6.45, 7) is 7.33. The zero-order chi connectivity index (χ0) is 23.6. The number of benzene rings is 1. The Bertz CT molecular complexity index is 1230. The number of rotatable bonds is 6. The van der Waals surface area contributed by atoms with Crippen molar-refractivity contribution in [3.8, 4) is 10.6 Å². The van der Waals surface area contributed by atoms with Crippen molar-refractivity contribution < 1.29 is 14.3 Å². The molecular weight excluding hydrogens is 428 g/mol. The average Bonchev–Trinajstić information content (AvgIpc) is 3.13. The number of aryl methyl sites for hydroxylation is 4. The minimum Gasteiger partial charge on any atom is -0.469 e. The average molecular weight is 455 g/mol. The third kappa shape index (κ3) is 4.77. The first-order valence-electron chi connectivity index (χ1n) is 10.1. The molecular formula is C23H26N4O4S. The van der Waals surface area contributed by atoms with Gasteiger partial charge in [-0.2, -0.15) is 5.10 Å². The van der Waals surface area contributed by atoms with Crippen molar-refractivity contribution in [1.82, 2.24) is 20.1 Å². The highest BCUT2D eigenvalue weighted by atomic mass is 32.1. The number of carbonyl (C=O) groups is 2. The molecule has 9 heteroatoms. The molecule has 0 saturated heterocycles. The number of esters is 1. The maximum absolute atomic E-state index is 13.1. The monoisotopic (exact) mass is 454 g/mol. The van der Waals surface area contributed by atoms with Crippen LogP contribution in [0.5, 0.6) is 0 Å². The highest BCUT2D eigenvalue weighted by Gasteiger charge is 2.24. The molecule has 0 aliphatic heterocycles. The van der Waals surface area contributed by atoms with Crippen LogP contribution in [-0.2, 0) is 16.6 Å². The van der Waals surface area contributed by atoms with Crippen molar-refractivity contribution >= 4 is 23.2 Å². The molecule has 32 heavy (non-hydrogen) atoms. The minimum absolute atomic E-state index is 0.000784. The lowest BCUT2D eigenvalue weighted by atomic mass is 10.0. The summed E-state index contributed by atoms with van der Waals surface area (Å²) in [4.78, 5) is 42.7. The summed E-state index contributed by atoms with van der Waals surface area (Å²) >= 11 is 1.15. The topological polar surface area (TPSA) is 103 Å². The van der Waals surface area contributed by atoms with Gasteiger partial charge >= 0.3 is 5.97 Å². The molecule has 3 aromatic rings. The number of carbonyl (C=O) groups excluding carboxylic acids is 2. The minimum atomic E-state index is -0.557. The summed E-state index contributed by atoms with van der Waals surface area (Å²) in [5.41, 5.74) is 4.01. The lowest BCUT2D eigenvalue weighted by Crippen LogP contribution is -2.30. The molecule has 0 aliphatic rings. The van der Waals surface area contributed by atoms with Crippen LogP contribution in [-0.4, -0.2) is 33.8 Å². The lowest BCUT2D eigenvalue weighted by molar-refractivity contribution is -0.141. The molecule has 1 amide bonds. The summed E-state index contributed by atoms with van der Waals surface area (Å²) in [5.74, 6) is -0.787. The van der Waals surface area contributed by atoms with Crippen LogP contribution in [0.25, 0.3) is 10.6 Å². The van der Waals surface area contributed by atoms with Crippen LogP contribution in [0.1, 0.15) is 50.2 Å². The maximum atomic E-state index is 13.1. The Kier molecular flexibility index (Phi) is 6.88. The number of thiazole rings is 1. The van der Waals surface area contributed by atoms with E-state index in [0.29, 0.717) is 21.1 Å². The van der Waals surface area contributed by atoms with Gasteiger partial charge in [0.25, 0.3) is 11.5 Å². The van der Waals surface area contributed by atoms with E-state index in [1.165, 1.54) is 11.8 Å². The van der Waals surface area contributed by atoms with E-state index in [9.17, 15) is 14.4 Å². The van der Waals surface area contributed by atoms with Gasteiger partial charge in [-0.05, 0) is 38.8 Å². The standard InChI is InChI=1S/C23H26N4O4S/c1-12-7-9-16(10-8-12)17(11-18(28)31-6)25-21(29)20-15(4)24-22(32-20)19-13(2)14(3)26-27(5)23(19)30/h7-10,17H,11H2,1-6H3,(H,25,29). The molecule has 1 unspecified atom stereocenters. The van der Waals surface area contributed by atoms with Crippen molar-refractivity contribution in [2.45, 2.75) is 40.2 Å². The Balaban J connectivity index is 1.95. The second-order valence-corrected chi connectivity index (χ2v) is 8.66. The van der Waals surface area contributed by atoms with Crippen LogP contribution in [0.15, 0.2) is 29.1 Å². The number of nitrogens with zero attached hydrogens (tertiary/aromatic N) is 3. The molecule has 0 bridgehead atoms. The Labute approximate surface area is 190 Å². The SMILES string of the molecule is COC(=O)CC(NC(=O)c1sc(-c2c(C)c(C)nn(C)c2=O)nc1C)c1ccc(C)cc1. The lowest BCUT2D eigenvalue weighted by Gasteiger charge is -2.18. The predicted molar refractivity (Wildman–Crippen MR) is 123 cm³/mol. The molecule has 1 aromatic carbocycles. The van der Waals surface area contributed by atoms with Crippen LogP contribution in [0.4, 0.5) is 0 Å². The fourth-order valence-electron chi connectivity index (χ4n) is 3.34. The second-order valence-electron chi connectivity index (χ2n) is 7.66. The molecule has 3 rings (SSSR count). The molecule has 0 spiro atoms. The number of amides is 1. The van der Waals surface area contributed by atoms with Crippen molar-refractivity contribution in [2.75, 3.05) is 7.11 Å². The van der Waals surface area contributed by atoms with Crippen LogP contribution in [0.3, 0.4) is 0 Å². The Morgan fingerprint density at radius 3 is 2.41 bits per heavy atom. The Morgan fingerprint density at radius 1 is 1.12 bits per heavy atom. The molecule has 2 heterocycles. The summed E-state index contributed by atoms with van der Waals surface area (Å²) < 4.78 is 6.08. The van der Waals surface area contributed by atoms with Crippen LogP contribution >= 0.6 is 11.3 Å². The van der Waals surface area contributed by atoms with E-state index in [1.807, 2.05) is 45.0 Å². The normalized spacial score (nSPS) is 11.8. The molecule has 2 aromatic heterocycles. The maximum Gasteiger partial charge on any atom is 0.307 e. The third-order valence-electron chi connectivity index (χ3n) is 5.33. The number of hydrogen-bond donors (Lipinski definition) is 1. The smallest absolute Gasteiger partial charge is 0.307 e. The zero-order valence-corrected chi connectivity index (χ0v) is 19.8. The van der Waals surface area contributed by atoms with Crippen LogP contribution in [0.2, 0.25) is 0 Å². The number of aromatic nitrogens is 3. The van der Waals surface area contributed by atoms with Gasteiger partial charge in [-0.3, -0.25) is 14.4 Å². The first-order chi connectivity index (χ1) is 15.1. The van der Waals surface area contributed by atoms with Gasteiger partial charge in [0, 0.05) is 7.05 Å². The number of ether oxygens (including phenoxy) is 1. The number of nitrogens with one attached hydrogen (secondary N) is 1. The highest BCUT2D eigenvalue weighted by molar-refractivity contribution is 7.17. The quantitative estimate of drug-likeness (QED) is 0.574. The van der Waals surface area contributed by atoms with Crippen molar-refractivity contribution in [3.05, 3.63) is 67.6 Å². The molecule has 8 nitrogen and oxygen atoms in total. The summed E-state index contributed by atoms with van der Waals surface area (Å²) in [7, 11) is 2.90. The highest BCUT2D eigenvalue weighted by Crippen LogP contribution is 2.29. The first-order valence-corrected chi connectivity index (χ1v) is 10.9. The van der Waals surface area contributed by atoms with E-state index in [4.69, 9.17) is 4.74 Å². The molecule has 0 aliphatic carbocycles. The molecule has 0 fully saturated rings. The van der Waals surface area contributed by atoms with Gasteiger partial charge < -0.3 is 10.1 Å². The van der Waals surface area contributed by atoms with E-state index >= 15 is 0 Å². The third-order valence-corrected chi connectivity index (χ3v) is 6.50. The fourth-order valence-corrected chi connectivity index (χ4v) is 4.40. The van der Waals surface area contributed by atoms with Crippen LogP contribution in [0, 0.1) is 27.7 Å². The predicted octanol–water partition coefficient (Wildman–Crippen LogP) is 3.17. The molecule has 0 radical (unpaired) electrons. The van der Waals surface area contributed by atoms with Gasteiger partial charge in [-0.25, -0.2) is 9.67 Å². The largest absolute Gasteiger partial charge is 0.469 e. The zero-order valence-electron chi connectivity index (χ0n) is 19.0.